The molecule has 1 fully saturated rings. The van der Waals surface area contributed by atoms with E-state index in [1.54, 1.807) is 114 Å². The van der Waals surface area contributed by atoms with E-state index in [1.165, 1.54) is 9.34 Å². The predicted molar refractivity (Wildman–Crippen MR) is 210 cm³/mol. The molecule has 270 valence electrons. The molecule has 0 aromatic heterocycles. The third-order valence-corrected chi connectivity index (χ3v) is 23.0. The van der Waals surface area contributed by atoms with Crippen LogP contribution >= 0.6 is 61.5 Å². The summed E-state index contributed by atoms with van der Waals surface area (Å²) in [5.41, 5.74) is 1.01. The molecule has 4 aliphatic rings. The fourth-order valence-corrected chi connectivity index (χ4v) is 21.8. The quantitative estimate of drug-likeness (QED) is 0.208. The average molecular weight is 1040 g/mol. The van der Waals surface area contributed by atoms with Crippen LogP contribution in [0, 0.1) is 28.5 Å². The maximum absolute atomic E-state index is 14.6. The molecular weight excluding hydrogens is 999 g/mol. The van der Waals surface area contributed by atoms with Crippen LogP contribution in [0.15, 0.2) is 72.8 Å². The number of halogens is 3. The number of hydrogen-bond acceptors (Lipinski definition) is 9. The number of carbonyl (C=O) groups excluding carboxylic acids is 6. The van der Waals surface area contributed by atoms with E-state index >= 15 is 0 Å². The molecule has 3 aromatic carbocycles. The number of hydrogen-bond donors (Lipinski definition) is 0. The van der Waals surface area contributed by atoms with Gasteiger partial charge in [0.15, 0.2) is 0 Å². The zero-order valence-corrected chi connectivity index (χ0v) is 35.0. The van der Waals surface area contributed by atoms with Crippen molar-refractivity contribution < 1.29 is 38.0 Å². The van der Waals surface area contributed by atoms with Crippen LogP contribution in [0.3, 0.4) is 0 Å². The number of rotatable bonds is 3. The fraction of sp³-hybridized carbons (Fsp3) is 0.333. The standard InChI is InChI=1S/C36H36I3N3O9/c1-19(2)28-34(46)49-38-26-17-11-8-14-23(26)32(44)41(38)30(21(5)6)36(48)51-39-27-18-12-9-15-24(27)33(45)42(39)29(20(3)4)35(47)50-37-25-16-10-7-13-22(25)31(43)40(28)37/h7-21,28-30H,1-6H3/t28-,29-,30-/m0/s1. The van der Waals surface area contributed by atoms with E-state index in [-0.39, 0.29) is 0 Å². The van der Waals surface area contributed by atoms with E-state index in [9.17, 15) is 28.8 Å². The molecule has 3 aromatic rings. The Bertz CT molecular complexity index is 1760. The zero-order valence-electron chi connectivity index (χ0n) is 28.5. The van der Waals surface area contributed by atoms with Gasteiger partial charge in [-0.25, -0.2) is 0 Å². The molecule has 4 aliphatic heterocycles. The van der Waals surface area contributed by atoms with Crippen molar-refractivity contribution in [2.24, 2.45) is 17.8 Å². The first-order valence-electron chi connectivity index (χ1n) is 16.4. The zero-order chi connectivity index (χ0) is 36.5. The Hall–Kier alpha value is -3.33. The van der Waals surface area contributed by atoms with Crippen LogP contribution in [-0.2, 0) is 23.6 Å². The van der Waals surface area contributed by atoms with Gasteiger partial charge in [0.05, 0.1) is 0 Å². The van der Waals surface area contributed by atoms with Gasteiger partial charge in [0.2, 0.25) is 0 Å². The van der Waals surface area contributed by atoms with Gasteiger partial charge in [0, 0.05) is 0 Å². The third kappa shape index (κ3) is 5.90. The first kappa shape index (κ1) is 36.0. The SMILES string of the molecule is CC(C)[C@H]1C(=O)OI2c3ccccc3C(=O)N2[C@@H](C(C)C)C(=O)OI2c3ccccc3C(=O)N2[C@@H](C(C)C)C(=O)OI2c3ccccc3C(=O)N12. The molecule has 0 unspecified atom stereocenters. The van der Waals surface area contributed by atoms with E-state index in [0.717, 1.165) is 0 Å². The van der Waals surface area contributed by atoms with Gasteiger partial charge >= 0.3 is 322 Å². The Morgan fingerprint density at radius 3 is 0.902 bits per heavy atom. The van der Waals surface area contributed by atoms with Gasteiger partial charge in [0.25, 0.3) is 0 Å². The number of fused-ring (bicyclic) bond motifs is 9. The third-order valence-electron chi connectivity index (χ3n) is 8.71. The van der Waals surface area contributed by atoms with Crippen LogP contribution in [0.25, 0.3) is 0 Å². The monoisotopic (exact) mass is 1030 g/mol. The molecule has 3 atom stereocenters. The average Bonchev–Trinajstić information content (AvgIpc) is 3.62. The van der Waals surface area contributed by atoms with Gasteiger partial charge < -0.3 is 0 Å². The number of carbonyl (C=O) groups is 6. The Morgan fingerprint density at radius 2 is 0.667 bits per heavy atom. The first-order valence-corrected chi connectivity index (χ1v) is 25.2. The summed E-state index contributed by atoms with van der Waals surface area (Å²) in [6.45, 7) is 10.7. The van der Waals surface area contributed by atoms with Gasteiger partial charge in [0.1, 0.15) is 0 Å². The maximum atomic E-state index is 14.6. The fourth-order valence-electron chi connectivity index (χ4n) is 6.31. The van der Waals surface area contributed by atoms with Crippen LogP contribution in [-0.4, -0.2) is 63.1 Å². The molecule has 0 radical (unpaired) electrons. The predicted octanol–water partition coefficient (Wildman–Crippen LogP) is 6.69. The van der Waals surface area contributed by atoms with Crippen molar-refractivity contribution in [2.75, 3.05) is 0 Å². The number of amides is 3. The van der Waals surface area contributed by atoms with E-state index in [4.69, 9.17) is 9.20 Å². The van der Waals surface area contributed by atoms with E-state index in [2.05, 4.69) is 0 Å². The van der Waals surface area contributed by atoms with Gasteiger partial charge in [-0.2, -0.15) is 0 Å². The van der Waals surface area contributed by atoms with E-state index in [1.807, 2.05) is 0 Å². The van der Waals surface area contributed by atoms with Crippen LogP contribution in [0.5, 0.6) is 0 Å². The minimum atomic E-state index is -3.52. The molecule has 0 N–H and O–H groups in total. The van der Waals surface area contributed by atoms with Crippen LogP contribution in [0.2, 0.25) is 0 Å². The summed E-state index contributed by atoms with van der Waals surface area (Å²) >= 11 is -10.6. The summed E-state index contributed by atoms with van der Waals surface area (Å²) in [6, 6.07) is 17.1. The molecule has 15 heteroatoms. The molecule has 51 heavy (non-hydrogen) atoms. The Labute approximate surface area is 319 Å². The van der Waals surface area contributed by atoms with Gasteiger partial charge in [-0.3, -0.25) is 0 Å². The van der Waals surface area contributed by atoms with Crippen molar-refractivity contribution >= 4 is 97.2 Å². The summed E-state index contributed by atoms with van der Waals surface area (Å²) in [5.74, 6) is -5.03. The second-order valence-electron chi connectivity index (χ2n) is 13.2. The second kappa shape index (κ2) is 13.9. The molecule has 0 saturated carbocycles. The Balaban J connectivity index is 1.45. The van der Waals surface area contributed by atoms with Crippen molar-refractivity contribution in [3.05, 3.63) is 100 Å². The molecule has 3 amide bonds. The van der Waals surface area contributed by atoms with Crippen LogP contribution in [0.4, 0.5) is 0 Å². The molecule has 4 heterocycles. The number of nitrogens with zero attached hydrogens (tertiary/aromatic N) is 3. The summed E-state index contributed by atoms with van der Waals surface area (Å²) < 4.78 is 25.1. The van der Waals surface area contributed by atoms with E-state index in [0.29, 0.717) is 27.4 Å². The Kier molecular flexibility index (Phi) is 9.83. The van der Waals surface area contributed by atoms with Crippen LogP contribution in [0.1, 0.15) is 72.6 Å². The summed E-state index contributed by atoms with van der Waals surface area (Å²) in [7, 11) is 0. The summed E-state index contributed by atoms with van der Waals surface area (Å²) in [5, 5.41) is 0. The molecule has 7 rings (SSSR count). The van der Waals surface area contributed by atoms with Gasteiger partial charge in [-0.15, -0.1) is 0 Å². The normalized spacial score (nSPS) is 24.1. The van der Waals surface area contributed by atoms with Crippen molar-refractivity contribution in [3.8, 4) is 0 Å². The second-order valence-corrected chi connectivity index (χ2v) is 25.1. The summed E-state index contributed by atoms with van der Waals surface area (Å²) in [4.78, 5) is 86.4. The molecule has 12 nitrogen and oxygen atoms in total. The van der Waals surface area contributed by atoms with Crippen molar-refractivity contribution in [2.45, 2.75) is 59.7 Å². The van der Waals surface area contributed by atoms with Gasteiger partial charge in [-0.1, -0.05) is 0 Å². The van der Waals surface area contributed by atoms with Crippen LogP contribution < -0.4 is 0 Å². The number of benzene rings is 3. The van der Waals surface area contributed by atoms with Crippen molar-refractivity contribution in [1.82, 2.24) is 9.34 Å². The van der Waals surface area contributed by atoms with Gasteiger partial charge in [-0.05, 0) is 0 Å². The molecule has 0 spiro atoms. The van der Waals surface area contributed by atoms with E-state index < -0.39 is 133 Å². The molecule has 0 bridgehead atoms. The molecule has 1 saturated heterocycles. The molecular formula is C36H36I3N3O9. The summed E-state index contributed by atoms with van der Waals surface area (Å²) in [6.07, 6.45) is 0. The van der Waals surface area contributed by atoms with Crippen molar-refractivity contribution in [1.29, 1.82) is 0 Å². The minimum absolute atomic E-state index is 0.338. The molecule has 0 aliphatic carbocycles. The Morgan fingerprint density at radius 1 is 0.431 bits per heavy atom. The topological polar surface area (TPSA) is 140 Å². The van der Waals surface area contributed by atoms with Crippen molar-refractivity contribution in [3.63, 3.8) is 0 Å². The first-order chi connectivity index (χ1) is 24.3.